The van der Waals surface area contributed by atoms with Crippen LogP contribution in [0.25, 0.3) is 0 Å². The molecule has 202 valence electrons. The van der Waals surface area contributed by atoms with Crippen molar-refractivity contribution < 1.29 is 23.7 Å². The Kier molecular flexibility index (Phi) is 24.4. The molecule has 0 fully saturated rings. The third-order valence-corrected chi connectivity index (χ3v) is 5.35. The van der Waals surface area contributed by atoms with Gasteiger partial charge in [0.1, 0.15) is 6.61 Å². The summed E-state index contributed by atoms with van der Waals surface area (Å²) >= 11 is 0. The summed E-state index contributed by atoms with van der Waals surface area (Å²) in [5.41, 5.74) is 5.51. The zero-order chi connectivity index (χ0) is 25.2. The van der Waals surface area contributed by atoms with Crippen molar-refractivity contribution in [3.05, 3.63) is 12.2 Å². The number of hydrogen-bond acceptors (Lipinski definition) is 6. The van der Waals surface area contributed by atoms with Crippen molar-refractivity contribution in [1.82, 2.24) is 0 Å². The van der Waals surface area contributed by atoms with Crippen LogP contribution < -0.4 is 5.73 Å². The van der Waals surface area contributed by atoms with Crippen LogP contribution in [0.5, 0.6) is 0 Å². The van der Waals surface area contributed by atoms with Gasteiger partial charge in [0.15, 0.2) is 0 Å². The van der Waals surface area contributed by atoms with Crippen molar-refractivity contribution in [3.63, 3.8) is 0 Å². The Morgan fingerprint density at radius 2 is 1.15 bits per heavy atom. The van der Waals surface area contributed by atoms with Crippen LogP contribution in [0.3, 0.4) is 0 Å². The number of hydrogen-bond donors (Lipinski definition) is 1. The van der Waals surface area contributed by atoms with Crippen LogP contribution in [0.4, 0.5) is 0 Å². The molecule has 34 heavy (non-hydrogen) atoms. The summed E-state index contributed by atoms with van der Waals surface area (Å²) in [6.07, 6.45) is 21.5. The monoisotopic (exact) mass is 485 g/mol. The molecule has 0 rings (SSSR count). The number of carbonyl (C=O) groups is 1. The summed E-state index contributed by atoms with van der Waals surface area (Å²) in [5.74, 6) is -0.127. The van der Waals surface area contributed by atoms with Crippen LogP contribution in [0.15, 0.2) is 12.2 Å². The van der Waals surface area contributed by atoms with Gasteiger partial charge in [-0.05, 0) is 46.0 Å². The number of unbranched alkanes of at least 4 members (excludes halogenated alkanes) is 11. The van der Waals surface area contributed by atoms with E-state index < -0.39 is 0 Å². The highest BCUT2D eigenvalue weighted by Gasteiger charge is 2.09. The van der Waals surface area contributed by atoms with E-state index in [2.05, 4.69) is 19.1 Å². The number of allylic oxidation sites excluding steroid dienone is 2. The normalized spacial score (nSPS) is 12.0. The third-order valence-electron chi connectivity index (χ3n) is 5.35. The van der Waals surface area contributed by atoms with Gasteiger partial charge in [-0.2, -0.15) is 0 Å². The van der Waals surface area contributed by atoms with E-state index in [4.69, 9.17) is 24.7 Å². The molecule has 0 amide bonds. The number of ether oxygens (including phenoxy) is 4. The first kappa shape index (κ1) is 33.0. The minimum atomic E-state index is -0.315. The molecule has 0 bridgehead atoms. The molecule has 0 aromatic heterocycles. The minimum absolute atomic E-state index is 0.127. The second-order valence-electron chi connectivity index (χ2n) is 9.82. The molecule has 0 spiro atoms. The first-order valence-corrected chi connectivity index (χ1v) is 13.8. The molecule has 0 heterocycles. The molecule has 0 saturated heterocycles. The molecule has 6 heteroatoms. The fourth-order valence-corrected chi connectivity index (χ4v) is 3.40. The molecule has 0 aliphatic rings. The van der Waals surface area contributed by atoms with Crippen LogP contribution in [0.2, 0.25) is 0 Å². The fraction of sp³-hybridized carbons (Fsp3) is 0.893. The van der Waals surface area contributed by atoms with Crippen molar-refractivity contribution in [2.75, 3.05) is 46.2 Å². The van der Waals surface area contributed by atoms with E-state index in [0.717, 1.165) is 12.8 Å². The lowest BCUT2D eigenvalue weighted by Crippen LogP contribution is -2.37. The second-order valence-corrected chi connectivity index (χ2v) is 9.82. The molecule has 2 N–H and O–H groups in total. The number of rotatable bonds is 26. The van der Waals surface area contributed by atoms with E-state index >= 15 is 0 Å². The number of nitrogens with two attached hydrogens (primary N) is 1. The summed E-state index contributed by atoms with van der Waals surface area (Å²) in [6, 6.07) is 0. The topological polar surface area (TPSA) is 80.0 Å². The van der Waals surface area contributed by atoms with Crippen molar-refractivity contribution in [1.29, 1.82) is 0 Å². The molecule has 6 nitrogen and oxygen atoms in total. The fourth-order valence-electron chi connectivity index (χ4n) is 3.40. The van der Waals surface area contributed by atoms with Gasteiger partial charge in [-0.15, -0.1) is 0 Å². The molecule has 0 atom stereocenters. The largest absolute Gasteiger partial charge is 0.463 e. The molecular weight excluding hydrogens is 430 g/mol. The second kappa shape index (κ2) is 25.2. The predicted octanol–water partition coefficient (Wildman–Crippen LogP) is 6.35. The molecule has 0 aliphatic carbocycles. The van der Waals surface area contributed by atoms with Gasteiger partial charge in [0.25, 0.3) is 0 Å². The first-order chi connectivity index (χ1) is 16.5. The highest BCUT2D eigenvalue weighted by atomic mass is 16.6. The number of carbonyl (C=O) groups excluding carboxylic acids is 1. The summed E-state index contributed by atoms with van der Waals surface area (Å²) in [7, 11) is 0. The van der Waals surface area contributed by atoms with Gasteiger partial charge in [0, 0.05) is 12.0 Å². The summed E-state index contributed by atoms with van der Waals surface area (Å²) in [4.78, 5) is 11.7. The van der Waals surface area contributed by atoms with Crippen LogP contribution >= 0.6 is 0 Å². The van der Waals surface area contributed by atoms with Gasteiger partial charge in [0.2, 0.25) is 0 Å². The van der Waals surface area contributed by atoms with Crippen LogP contribution in [0, 0.1) is 0 Å². The van der Waals surface area contributed by atoms with E-state index in [-0.39, 0.29) is 11.5 Å². The van der Waals surface area contributed by atoms with Crippen LogP contribution in [0.1, 0.15) is 111 Å². The van der Waals surface area contributed by atoms with Gasteiger partial charge >= 0.3 is 5.97 Å². The molecule has 0 radical (unpaired) electrons. The predicted molar refractivity (Wildman–Crippen MR) is 141 cm³/mol. The first-order valence-electron chi connectivity index (χ1n) is 13.8. The maximum Gasteiger partial charge on any atom is 0.305 e. The lowest BCUT2D eigenvalue weighted by atomic mass is 10.1. The Labute approximate surface area is 210 Å². The highest BCUT2D eigenvalue weighted by molar-refractivity contribution is 5.69. The quantitative estimate of drug-likeness (QED) is 0.0873. The average molecular weight is 486 g/mol. The Morgan fingerprint density at radius 1 is 0.676 bits per heavy atom. The zero-order valence-corrected chi connectivity index (χ0v) is 22.6. The summed E-state index contributed by atoms with van der Waals surface area (Å²) < 4.78 is 21.4. The summed E-state index contributed by atoms with van der Waals surface area (Å²) in [6.45, 7) is 9.35. The third kappa shape index (κ3) is 29.1. The smallest absolute Gasteiger partial charge is 0.305 e. The van der Waals surface area contributed by atoms with Gasteiger partial charge in [-0.25, -0.2) is 0 Å². The molecule has 0 aromatic carbocycles. The number of esters is 1. The van der Waals surface area contributed by atoms with E-state index in [0.29, 0.717) is 52.7 Å². The van der Waals surface area contributed by atoms with Gasteiger partial charge in [-0.1, -0.05) is 70.4 Å². The van der Waals surface area contributed by atoms with Crippen LogP contribution in [-0.2, 0) is 23.7 Å². The minimum Gasteiger partial charge on any atom is -0.463 e. The maximum atomic E-state index is 11.7. The van der Waals surface area contributed by atoms with E-state index in [1.54, 1.807) is 0 Å². The lowest BCUT2D eigenvalue weighted by Gasteiger charge is -2.18. The molecule has 0 aliphatic heterocycles. The Bertz CT molecular complexity index is 462. The Balaban J connectivity index is 3.23. The standard InChI is InChI=1S/C28H55NO5/c1-4-5-6-7-8-9-10-11-12-13-14-15-16-17-18-19-27(30)34-25-24-32-21-20-31-22-23-33-26-28(2,3)29/h11-12H,4-10,13-26,29H2,1-3H3. The molecular formula is C28H55NO5. The van der Waals surface area contributed by atoms with E-state index in [9.17, 15) is 4.79 Å². The van der Waals surface area contributed by atoms with Crippen molar-refractivity contribution in [2.45, 2.75) is 116 Å². The maximum absolute atomic E-state index is 11.7. The van der Waals surface area contributed by atoms with Crippen molar-refractivity contribution in [2.24, 2.45) is 5.73 Å². The van der Waals surface area contributed by atoms with E-state index in [1.165, 1.54) is 70.6 Å². The average Bonchev–Trinajstić information content (AvgIpc) is 2.79. The highest BCUT2D eigenvalue weighted by Crippen LogP contribution is 2.10. The van der Waals surface area contributed by atoms with Crippen LogP contribution in [-0.4, -0.2) is 57.8 Å². The molecule has 0 aromatic rings. The Hall–Kier alpha value is -0.950. The van der Waals surface area contributed by atoms with Gasteiger partial charge in [0.05, 0.1) is 39.6 Å². The summed E-state index contributed by atoms with van der Waals surface area (Å²) in [5, 5.41) is 0. The SMILES string of the molecule is CCCCCCCCC=CCCCCCCCC(=O)OCCOCCOCCOCC(C)(C)N. The lowest BCUT2D eigenvalue weighted by molar-refractivity contribution is -0.145. The molecule has 0 unspecified atom stereocenters. The Morgan fingerprint density at radius 3 is 1.71 bits per heavy atom. The van der Waals surface area contributed by atoms with Crippen molar-refractivity contribution in [3.8, 4) is 0 Å². The zero-order valence-electron chi connectivity index (χ0n) is 22.6. The van der Waals surface area contributed by atoms with Gasteiger partial charge in [-0.3, -0.25) is 4.79 Å². The van der Waals surface area contributed by atoms with E-state index in [1.807, 2.05) is 13.8 Å². The van der Waals surface area contributed by atoms with Gasteiger partial charge < -0.3 is 24.7 Å². The van der Waals surface area contributed by atoms with Crippen molar-refractivity contribution >= 4 is 5.97 Å². The molecule has 0 saturated carbocycles.